The number of aromatic carboxylic acids is 1. The van der Waals surface area contributed by atoms with Crippen molar-refractivity contribution >= 4 is 17.6 Å². The number of ether oxygens (including phenoxy) is 2. The van der Waals surface area contributed by atoms with Gasteiger partial charge < -0.3 is 19.9 Å². The summed E-state index contributed by atoms with van der Waals surface area (Å²) in [6.07, 6.45) is 0.480. The number of nitrogens with zero attached hydrogens (tertiary/aromatic N) is 1. The van der Waals surface area contributed by atoms with E-state index >= 15 is 0 Å². The number of nitrogens with one attached hydrogen (secondary N) is 1. The highest BCUT2D eigenvalue weighted by Crippen LogP contribution is 2.28. The van der Waals surface area contributed by atoms with E-state index in [1.807, 2.05) is 26.0 Å². The Labute approximate surface area is 167 Å². The standard InChI is InChI=1S/C20H22N2O7/c1-3-28-17-8-5-13(11-18(17)29-4-2)9-10-21-19(23)15-7-6-14(22(26)27)12-16(15)20(24)25/h5-8,11-12H,3-4,9-10H2,1-2H3,(H,21,23)(H,24,25). The van der Waals surface area contributed by atoms with Gasteiger partial charge in [-0.15, -0.1) is 0 Å². The molecule has 0 aromatic heterocycles. The number of carbonyl (C=O) groups excluding carboxylic acids is 1. The minimum atomic E-state index is -1.41. The van der Waals surface area contributed by atoms with Crippen molar-refractivity contribution in [3.8, 4) is 11.5 Å². The molecule has 2 aromatic carbocycles. The zero-order valence-electron chi connectivity index (χ0n) is 16.1. The normalized spacial score (nSPS) is 10.3. The molecule has 0 fully saturated rings. The molecule has 29 heavy (non-hydrogen) atoms. The summed E-state index contributed by atoms with van der Waals surface area (Å²) in [5, 5.41) is 22.7. The lowest BCUT2D eigenvalue weighted by Gasteiger charge is -2.13. The smallest absolute Gasteiger partial charge is 0.336 e. The number of benzene rings is 2. The van der Waals surface area contributed by atoms with Crippen LogP contribution in [0.1, 0.15) is 40.1 Å². The minimum absolute atomic E-state index is 0.134. The first-order chi connectivity index (χ1) is 13.9. The summed E-state index contributed by atoms with van der Waals surface area (Å²) in [5.74, 6) is -0.777. The van der Waals surface area contributed by atoms with Crippen molar-refractivity contribution in [2.24, 2.45) is 0 Å². The van der Waals surface area contributed by atoms with Gasteiger partial charge in [0.05, 0.1) is 29.3 Å². The van der Waals surface area contributed by atoms with E-state index in [-0.39, 0.29) is 12.1 Å². The molecule has 0 saturated carbocycles. The van der Waals surface area contributed by atoms with Gasteiger partial charge in [-0.2, -0.15) is 0 Å². The van der Waals surface area contributed by atoms with Gasteiger partial charge in [-0.25, -0.2) is 4.79 Å². The fraction of sp³-hybridized carbons (Fsp3) is 0.300. The van der Waals surface area contributed by atoms with Crippen LogP contribution in [0.25, 0.3) is 0 Å². The van der Waals surface area contributed by atoms with Crippen molar-refractivity contribution in [3.05, 3.63) is 63.2 Å². The lowest BCUT2D eigenvalue weighted by Crippen LogP contribution is -2.27. The SMILES string of the molecule is CCOc1ccc(CCNC(=O)c2ccc([N+](=O)[O-])cc2C(=O)O)cc1OCC. The first-order valence-corrected chi connectivity index (χ1v) is 9.05. The number of non-ortho nitro benzene ring substituents is 1. The van der Waals surface area contributed by atoms with Crippen molar-refractivity contribution in [1.82, 2.24) is 5.32 Å². The van der Waals surface area contributed by atoms with Crippen LogP contribution >= 0.6 is 0 Å². The molecule has 0 aliphatic heterocycles. The van der Waals surface area contributed by atoms with E-state index in [4.69, 9.17) is 9.47 Å². The number of carboxylic acid groups (broad SMARTS) is 1. The average Bonchev–Trinajstić information content (AvgIpc) is 2.69. The van der Waals surface area contributed by atoms with Crippen LogP contribution in [0.15, 0.2) is 36.4 Å². The third-order valence-corrected chi connectivity index (χ3v) is 4.00. The Hall–Kier alpha value is -3.62. The van der Waals surface area contributed by atoms with Crippen LogP contribution in [0.5, 0.6) is 11.5 Å². The van der Waals surface area contributed by atoms with Crippen molar-refractivity contribution in [3.63, 3.8) is 0 Å². The summed E-state index contributed by atoms with van der Waals surface area (Å²) in [6.45, 7) is 4.99. The highest BCUT2D eigenvalue weighted by molar-refractivity contribution is 6.05. The summed E-state index contributed by atoms with van der Waals surface area (Å²) < 4.78 is 11.1. The van der Waals surface area contributed by atoms with Gasteiger partial charge >= 0.3 is 5.97 Å². The maximum Gasteiger partial charge on any atom is 0.336 e. The highest BCUT2D eigenvalue weighted by Gasteiger charge is 2.20. The van der Waals surface area contributed by atoms with Crippen LogP contribution in [-0.2, 0) is 6.42 Å². The van der Waals surface area contributed by atoms with Gasteiger partial charge in [0, 0.05) is 18.7 Å². The van der Waals surface area contributed by atoms with E-state index < -0.39 is 28.1 Å². The Kier molecular flexibility index (Phi) is 7.53. The Morgan fingerprint density at radius 3 is 2.34 bits per heavy atom. The van der Waals surface area contributed by atoms with Gasteiger partial charge in [0.2, 0.25) is 0 Å². The molecule has 2 N–H and O–H groups in total. The van der Waals surface area contributed by atoms with E-state index in [1.54, 1.807) is 6.07 Å². The number of hydrogen-bond donors (Lipinski definition) is 2. The van der Waals surface area contributed by atoms with Crippen LogP contribution in [0.3, 0.4) is 0 Å². The lowest BCUT2D eigenvalue weighted by atomic mass is 10.1. The van der Waals surface area contributed by atoms with Crippen molar-refractivity contribution in [2.75, 3.05) is 19.8 Å². The van der Waals surface area contributed by atoms with Crippen LogP contribution < -0.4 is 14.8 Å². The predicted molar refractivity (Wildman–Crippen MR) is 105 cm³/mol. The molecule has 0 bridgehead atoms. The van der Waals surface area contributed by atoms with Crippen LogP contribution in [0, 0.1) is 10.1 Å². The first kappa shape index (κ1) is 21.7. The number of carboxylic acids is 1. The molecule has 1 amide bonds. The van der Waals surface area contributed by atoms with Crippen molar-refractivity contribution in [2.45, 2.75) is 20.3 Å². The average molecular weight is 402 g/mol. The highest BCUT2D eigenvalue weighted by atomic mass is 16.6. The molecule has 154 valence electrons. The summed E-state index contributed by atoms with van der Waals surface area (Å²) in [6, 6.07) is 8.59. The van der Waals surface area contributed by atoms with Crippen molar-refractivity contribution in [1.29, 1.82) is 0 Å². The molecule has 2 rings (SSSR count). The third-order valence-electron chi connectivity index (χ3n) is 4.00. The molecule has 0 unspecified atom stereocenters. The van der Waals surface area contributed by atoms with E-state index in [0.29, 0.717) is 31.1 Å². The molecule has 0 radical (unpaired) electrons. The van der Waals surface area contributed by atoms with E-state index in [2.05, 4.69) is 5.32 Å². The minimum Gasteiger partial charge on any atom is -0.490 e. The number of rotatable bonds is 10. The molecular formula is C20H22N2O7. The van der Waals surface area contributed by atoms with E-state index in [0.717, 1.165) is 23.8 Å². The second-order valence-electron chi connectivity index (χ2n) is 5.95. The van der Waals surface area contributed by atoms with E-state index in [9.17, 15) is 24.8 Å². The maximum atomic E-state index is 12.4. The number of amides is 1. The topological polar surface area (TPSA) is 128 Å². The van der Waals surface area contributed by atoms with Gasteiger partial charge in [-0.3, -0.25) is 14.9 Å². The summed E-state index contributed by atoms with van der Waals surface area (Å²) in [5.41, 5.74) is -0.0441. The quantitative estimate of drug-likeness (QED) is 0.462. The van der Waals surface area contributed by atoms with Crippen LogP contribution in [0.2, 0.25) is 0 Å². The van der Waals surface area contributed by atoms with Crippen LogP contribution in [0.4, 0.5) is 5.69 Å². The molecular weight excluding hydrogens is 380 g/mol. The fourth-order valence-electron chi connectivity index (χ4n) is 2.69. The van der Waals surface area contributed by atoms with Gasteiger partial charge in [-0.1, -0.05) is 6.07 Å². The van der Waals surface area contributed by atoms with Crippen LogP contribution in [-0.4, -0.2) is 41.7 Å². The number of nitro benzene ring substituents is 1. The Bertz CT molecular complexity index is 912. The predicted octanol–water partition coefficient (Wildman–Crippen LogP) is 3.06. The Morgan fingerprint density at radius 1 is 1.03 bits per heavy atom. The summed E-state index contributed by atoms with van der Waals surface area (Å²) in [4.78, 5) is 33.8. The van der Waals surface area contributed by atoms with Crippen molar-refractivity contribution < 1.29 is 29.1 Å². The van der Waals surface area contributed by atoms with Gasteiger partial charge in [-0.05, 0) is 44.0 Å². The summed E-state index contributed by atoms with van der Waals surface area (Å²) in [7, 11) is 0. The third kappa shape index (κ3) is 5.68. The molecule has 0 heterocycles. The zero-order valence-corrected chi connectivity index (χ0v) is 16.1. The number of hydrogen-bond acceptors (Lipinski definition) is 6. The maximum absolute atomic E-state index is 12.4. The number of carbonyl (C=O) groups is 2. The molecule has 2 aromatic rings. The second kappa shape index (κ2) is 10.1. The van der Waals surface area contributed by atoms with Gasteiger partial charge in [0.15, 0.2) is 11.5 Å². The first-order valence-electron chi connectivity index (χ1n) is 9.05. The Balaban J connectivity index is 2.07. The second-order valence-corrected chi connectivity index (χ2v) is 5.95. The molecule has 9 nitrogen and oxygen atoms in total. The van der Waals surface area contributed by atoms with Gasteiger partial charge in [0.1, 0.15) is 0 Å². The molecule has 0 atom stereocenters. The molecule has 0 spiro atoms. The summed E-state index contributed by atoms with van der Waals surface area (Å²) >= 11 is 0. The largest absolute Gasteiger partial charge is 0.490 e. The Morgan fingerprint density at radius 2 is 1.72 bits per heavy atom. The monoisotopic (exact) mass is 402 g/mol. The van der Waals surface area contributed by atoms with E-state index in [1.165, 1.54) is 0 Å². The zero-order chi connectivity index (χ0) is 21.4. The fourth-order valence-corrected chi connectivity index (χ4v) is 2.69. The lowest BCUT2D eigenvalue weighted by molar-refractivity contribution is -0.384. The van der Waals surface area contributed by atoms with Gasteiger partial charge in [0.25, 0.3) is 11.6 Å². The molecule has 0 aliphatic rings. The molecule has 9 heteroatoms. The molecule has 0 saturated heterocycles. The number of nitro groups is 1. The molecule has 0 aliphatic carbocycles.